The highest BCUT2D eigenvalue weighted by Crippen LogP contribution is 2.30. The van der Waals surface area contributed by atoms with Crippen molar-refractivity contribution in [2.45, 2.75) is 29.4 Å². The Morgan fingerprint density at radius 3 is 2.51 bits per heavy atom. The van der Waals surface area contributed by atoms with Crippen molar-refractivity contribution in [3.8, 4) is 0 Å². The van der Waals surface area contributed by atoms with Crippen molar-refractivity contribution in [3.63, 3.8) is 0 Å². The Labute approximate surface area is 212 Å². The van der Waals surface area contributed by atoms with Crippen LogP contribution in [0.3, 0.4) is 0 Å². The van der Waals surface area contributed by atoms with E-state index in [0.29, 0.717) is 35.2 Å². The zero-order chi connectivity index (χ0) is 27.5. The van der Waals surface area contributed by atoms with Crippen molar-refractivity contribution in [3.05, 3.63) is 65.5 Å². The van der Waals surface area contributed by atoms with Crippen LogP contribution < -0.4 is 10.5 Å². The van der Waals surface area contributed by atoms with Crippen molar-refractivity contribution in [1.29, 1.82) is 5.41 Å². The summed E-state index contributed by atoms with van der Waals surface area (Å²) in [5, 5.41) is 15.3. The summed E-state index contributed by atoms with van der Waals surface area (Å²) >= 11 is 0.963. The second-order valence-electron chi connectivity index (χ2n) is 7.89. The van der Waals surface area contributed by atoms with E-state index in [0.717, 1.165) is 16.9 Å². The number of amidine groups is 1. The first-order valence-corrected chi connectivity index (χ1v) is 12.7. The fraction of sp³-hybridized carbons (Fsp3) is 0.227. The van der Waals surface area contributed by atoms with Gasteiger partial charge in [-0.3, -0.25) is 10.2 Å². The number of carboxylic acid groups (broad SMARTS) is 1. The number of benzene rings is 2. The van der Waals surface area contributed by atoms with E-state index in [9.17, 15) is 30.8 Å². The Morgan fingerprint density at radius 1 is 1.22 bits per heavy atom. The normalized spacial score (nSPS) is 15.9. The van der Waals surface area contributed by atoms with Crippen molar-refractivity contribution >= 4 is 49.2 Å². The Balaban J connectivity index is 0.000000479. The minimum atomic E-state index is -5.08. The molecule has 0 unspecified atom stereocenters. The molecule has 2 heterocycles. The van der Waals surface area contributed by atoms with Gasteiger partial charge in [0.15, 0.2) is 0 Å². The van der Waals surface area contributed by atoms with Crippen LogP contribution in [0.1, 0.15) is 17.5 Å². The van der Waals surface area contributed by atoms with Gasteiger partial charge in [-0.05, 0) is 41.6 Å². The molecule has 1 atom stereocenters. The third-order valence-electron chi connectivity index (χ3n) is 5.17. The van der Waals surface area contributed by atoms with Crippen LogP contribution in [0.25, 0.3) is 10.1 Å². The number of alkyl halides is 3. The number of halogens is 4. The number of nitrogens with one attached hydrogen (secondary N) is 2. The summed E-state index contributed by atoms with van der Waals surface area (Å²) in [6, 6.07) is 11.8. The molecule has 2 aromatic carbocycles. The number of carboxylic acids is 1. The van der Waals surface area contributed by atoms with Gasteiger partial charge in [-0.25, -0.2) is 17.6 Å². The largest absolute Gasteiger partial charge is 0.490 e. The van der Waals surface area contributed by atoms with E-state index in [-0.39, 0.29) is 16.0 Å². The zero-order valence-electron chi connectivity index (χ0n) is 18.8. The molecule has 1 amide bonds. The lowest BCUT2D eigenvalue weighted by atomic mass is 10.1. The zero-order valence-corrected chi connectivity index (χ0v) is 20.4. The summed E-state index contributed by atoms with van der Waals surface area (Å²) in [4.78, 5) is 23.2. The molecule has 0 saturated carbocycles. The summed E-state index contributed by atoms with van der Waals surface area (Å²) in [7, 11) is -3.91. The van der Waals surface area contributed by atoms with E-state index in [4.69, 9.17) is 21.0 Å². The van der Waals surface area contributed by atoms with E-state index in [1.165, 1.54) is 24.3 Å². The third kappa shape index (κ3) is 7.02. The van der Waals surface area contributed by atoms with Crippen LogP contribution in [-0.4, -0.2) is 54.9 Å². The maximum atomic E-state index is 13.4. The highest BCUT2D eigenvalue weighted by Gasteiger charge is 2.38. The van der Waals surface area contributed by atoms with Gasteiger partial charge in [-0.1, -0.05) is 24.3 Å². The summed E-state index contributed by atoms with van der Waals surface area (Å²) in [5.41, 5.74) is 6.89. The van der Waals surface area contributed by atoms with Gasteiger partial charge in [-0.15, -0.1) is 11.3 Å². The number of sulfonamides is 1. The third-order valence-corrected chi connectivity index (χ3v) is 8.22. The lowest BCUT2D eigenvalue weighted by Gasteiger charge is -2.17. The summed E-state index contributed by atoms with van der Waals surface area (Å²) in [6.07, 6.45) is -4.73. The number of hydrogen-bond donors (Lipinski definition) is 4. The molecule has 9 nitrogen and oxygen atoms in total. The number of thiophene rings is 1. The quantitative estimate of drug-likeness (QED) is 0.207. The number of nitrogens with zero attached hydrogens (tertiary/aromatic N) is 1. The van der Waals surface area contributed by atoms with Crippen LogP contribution in [0, 0.1) is 11.2 Å². The molecule has 0 aliphatic carbocycles. The first kappa shape index (κ1) is 28.0. The van der Waals surface area contributed by atoms with E-state index >= 15 is 0 Å². The summed E-state index contributed by atoms with van der Waals surface area (Å²) in [6.45, 7) is 0.717. The van der Waals surface area contributed by atoms with Crippen molar-refractivity contribution in [2.75, 3.05) is 6.54 Å². The molecule has 198 valence electrons. The van der Waals surface area contributed by atoms with Gasteiger partial charge in [0, 0.05) is 23.4 Å². The first-order valence-electron chi connectivity index (χ1n) is 10.4. The SMILES string of the molecule is N=C(N)c1cccc(CN2CC[C@H](NS(=O)(=O)c3cc4ccc(F)cc4s3)C2=O)c1.O=C(O)C(F)(F)F. The number of carbonyl (C=O) groups excluding carboxylic acids is 1. The van der Waals surface area contributed by atoms with Crippen LogP contribution >= 0.6 is 11.3 Å². The minimum absolute atomic E-state index is 0.0449. The van der Waals surface area contributed by atoms with Crippen LogP contribution in [-0.2, 0) is 26.2 Å². The van der Waals surface area contributed by atoms with Crippen LogP contribution in [0.2, 0.25) is 0 Å². The maximum absolute atomic E-state index is 13.4. The van der Waals surface area contributed by atoms with Gasteiger partial charge in [0.1, 0.15) is 21.9 Å². The second-order valence-corrected chi connectivity index (χ2v) is 10.9. The fourth-order valence-electron chi connectivity index (χ4n) is 3.42. The molecule has 1 aliphatic rings. The van der Waals surface area contributed by atoms with Crippen molar-refractivity contribution in [2.24, 2.45) is 5.73 Å². The maximum Gasteiger partial charge on any atom is 0.490 e. The molecule has 4 rings (SSSR count). The Hall–Kier alpha value is -3.56. The molecule has 1 saturated heterocycles. The number of likely N-dealkylation sites (tertiary alicyclic amines) is 1. The second kappa shape index (κ2) is 10.8. The van der Waals surface area contributed by atoms with Gasteiger partial charge >= 0.3 is 12.1 Å². The van der Waals surface area contributed by atoms with E-state index in [2.05, 4.69) is 4.72 Å². The number of nitrogen functional groups attached to an aromatic ring is 1. The van der Waals surface area contributed by atoms with E-state index < -0.39 is 34.0 Å². The van der Waals surface area contributed by atoms with Gasteiger partial charge < -0.3 is 15.7 Å². The molecule has 3 aromatic rings. The van der Waals surface area contributed by atoms with Crippen LogP contribution in [0.4, 0.5) is 17.6 Å². The molecule has 1 fully saturated rings. The average molecular weight is 561 g/mol. The van der Waals surface area contributed by atoms with Gasteiger partial charge in [0.2, 0.25) is 5.91 Å². The first-order chi connectivity index (χ1) is 17.2. The molecule has 0 radical (unpaired) electrons. The molecular formula is C22H20F4N4O5S2. The number of amides is 1. The number of fused-ring (bicyclic) bond motifs is 1. The van der Waals surface area contributed by atoms with Gasteiger partial charge in [-0.2, -0.15) is 17.9 Å². The Morgan fingerprint density at radius 2 is 1.89 bits per heavy atom. The van der Waals surface area contributed by atoms with Crippen molar-refractivity contribution in [1.82, 2.24) is 9.62 Å². The topological polar surface area (TPSA) is 154 Å². The molecule has 0 bridgehead atoms. The molecular weight excluding hydrogens is 540 g/mol. The van der Waals surface area contributed by atoms with Gasteiger partial charge in [0.25, 0.3) is 10.0 Å². The fourth-order valence-corrected chi connectivity index (χ4v) is 6.08. The molecule has 1 aliphatic heterocycles. The number of nitrogens with two attached hydrogens (primary N) is 1. The predicted octanol–water partition coefficient (Wildman–Crippen LogP) is 3.04. The minimum Gasteiger partial charge on any atom is -0.475 e. The van der Waals surface area contributed by atoms with E-state index in [1.807, 2.05) is 6.07 Å². The molecule has 1 aromatic heterocycles. The highest BCUT2D eigenvalue weighted by molar-refractivity contribution is 7.91. The van der Waals surface area contributed by atoms with Gasteiger partial charge in [0.05, 0.1) is 0 Å². The lowest BCUT2D eigenvalue weighted by molar-refractivity contribution is -0.192. The molecule has 15 heteroatoms. The lowest BCUT2D eigenvalue weighted by Crippen LogP contribution is -2.41. The van der Waals surface area contributed by atoms with Crippen LogP contribution in [0.5, 0.6) is 0 Å². The number of hydrogen-bond acceptors (Lipinski definition) is 6. The Bertz CT molecular complexity index is 1460. The summed E-state index contributed by atoms with van der Waals surface area (Å²) < 4.78 is 73.7. The predicted molar refractivity (Wildman–Crippen MR) is 127 cm³/mol. The molecule has 37 heavy (non-hydrogen) atoms. The Kier molecular flexibility index (Phi) is 8.19. The number of aliphatic carboxylic acids is 1. The molecule has 5 N–H and O–H groups in total. The number of rotatable bonds is 6. The summed E-state index contributed by atoms with van der Waals surface area (Å²) in [5.74, 6) is -3.55. The van der Waals surface area contributed by atoms with Crippen molar-refractivity contribution < 1.29 is 40.7 Å². The highest BCUT2D eigenvalue weighted by atomic mass is 32.2. The monoisotopic (exact) mass is 560 g/mol. The molecule has 0 spiro atoms. The van der Waals surface area contributed by atoms with Crippen LogP contribution in [0.15, 0.2) is 52.7 Å². The number of carbonyl (C=O) groups is 2. The smallest absolute Gasteiger partial charge is 0.475 e. The van der Waals surface area contributed by atoms with E-state index in [1.54, 1.807) is 23.1 Å². The average Bonchev–Trinajstić information content (AvgIpc) is 3.38. The standard InChI is InChI=1S/C20H19FN4O3S2.C2HF3O2/c21-15-5-4-13-9-18(29-17(13)10-15)30(27,28)24-16-6-7-25(20(16)26)11-12-2-1-3-14(8-12)19(22)23;3-2(4,5)1(6)7/h1-5,8-10,16,24H,6-7,11H2,(H3,22,23);(H,6,7)/t16-;/m0./s1.